The van der Waals surface area contributed by atoms with Crippen molar-refractivity contribution >= 4 is 0 Å². The summed E-state index contributed by atoms with van der Waals surface area (Å²) in [4.78, 5) is 0. The van der Waals surface area contributed by atoms with E-state index in [-0.39, 0.29) is 0 Å². The standard InChI is InChI=1S/4C2H5.Zn/c4*1-2;/h4*1H2,2H3;. The average Bonchev–Trinajstić information content (AvgIpc) is 1.95. The molecule has 0 aromatic rings. The van der Waals surface area contributed by atoms with Crippen LogP contribution in [0.3, 0.4) is 0 Å². The van der Waals surface area contributed by atoms with Crippen molar-refractivity contribution in [3.8, 4) is 0 Å². The first kappa shape index (κ1) is 9.62. The Hall–Kier alpha value is 0.623. The van der Waals surface area contributed by atoms with Crippen molar-refractivity contribution in [3.63, 3.8) is 0 Å². The van der Waals surface area contributed by atoms with E-state index in [2.05, 4.69) is 27.7 Å². The Kier molecular flexibility index (Phi) is 4.75. The first-order chi connectivity index (χ1) is 4.24. The Labute approximate surface area is 62.9 Å². The van der Waals surface area contributed by atoms with Gasteiger partial charge in [-0.25, -0.2) is 0 Å². The molecule has 9 heavy (non-hydrogen) atoms. The summed E-state index contributed by atoms with van der Waals surface area (Å²) in [6.07, 6.45) is 0. The third-order valence-electron chi connectivity index (χ3n) is 4.24. The van der Waals surface area contributed by atoms with Gasteiger partial charge in [-0.15, -0.1) is 0 Å². The summed E-state index contributed by atoms with van der Waals surface area (Å²) in [5.74, 6) is 0. The number of rotatable bonds is 4. The van der Waals surface area contributed by atoms with Crippen molar-refractivity contribution in [3.05, 3.63) is 0 Å². The van der Waals surface area contributed by atoms with Crippen molar-refractivity contribution in [2.75, 3.05) is 0 Å². The molecular formula is C8H20Zn. The summed E-state index contributed by atoms with van der Waals surface area (Å²) in [5, 5.41) is 6.25. The SMILES string of the molecule is C[CH2][Zn]([CH2]C)([CH2]C)[CH2]C. The summed E-state index contributed by atoms with van der Waals surface area (Å²) < 4.78 is 0. The molecule has 1 heteroatoms. The van der Waals surface area contributed by atoms with E-state index in [0.717, 1.165) is 0 Å². The predicted molar refractivity (Wildman–Crippen MR) is 41.9 cm³/mol. The Bertz CT molecular complexity index is 47.5. The topological polar surface area (TPSA) is 0 Å². The van der Waals surface area contributed by atoms with E-state index in [1.807, 2.05) is 0 Å². The third kappa shape index (κ3) is 2.37. The van der Waals surface area contributed by atoms with E-state index in [1.54, 1.807) is 20.1 Å². The molecule has 54 valence electrons. The molecule has 0 aromatic carbocycles. The van der Waals surface area contributed by atoms with Crippen LogP contribution >= 0.6 is 0 Å². The molecule has 0 nitrogen and oxygen atoms in total. The fourth-order valence-corrected chi connectivity index (χ4v) is 11.0. The number of hydrogen-bond acceptors (Lipinski definition) is 0. The van der Waals surface area contributed by atoms with Crippen LogP contribution in [0.25, 0.3) is 0 Å². The van der Waals surface area contributed by atoms with E-state index in [4.69, 9.17) is 0 Å². The molecule has 0 saturated heterocycles. The van der Waals surface area contributed by atoms with Crippen molar-refractivity contribution < 1.29 is 14.8 Å². The Morgan fingerprint density at radius 1 is 0.667 bits per heavy atom. The van der Waals surface area contributed by atoms with Crippen LogP contribution in [0.1, 0.15) is 27.7 Å². The van der Waals surface area contributed by atoms with Crippen LogP contribution in [-0.2, 0) is 14.8 Å². The molecule has 0 bridgehead atoms. The monoisotopic (exact) mass is 180 g/mol. The summed E-state index contributed by atoms with van der Waals surface area (Å²) in [5.41, 5.74) is 0. The molecule has 0 atom stereocenters. The van der Waals surface area contributed by atoms with Crippen molar-refractivity contribution in [1.82, 2.24) is 0 Å². The van der Waals surface area contributed by atoms with Gasteiger partial charge in [0.2, 0.25) is 0 Å². The molecule has 0 rings (SSSR count). The normalized spacial score (nSPS) is 10.2. The Morgan fingerprint density at radius 3 is 0.889 bits per heavy atom. The first-order valence-electron chi connectivity index (χ1n) is 4.83. The fourth-order valence-electron chi connectivity index (χ4n) is 2.12. The average molecular weight is 182 g/mol. The van der Waals surface area contributed by atoms with E-state index in [1.165, 1.54) is 0 Å². The quantitative estimate of drug-likeness (QED) is 0.578. The Morgan fingerprint density at radius 2 is 0.889 bits per heavy atom. The van der Waals surface area contributed by atoms with E-state index in [0.29, 0.717) is 0 Å². The van der Waals surface area contributed by atoms with Gasteiger partial charge < -0.3 is 0 Å². The molecule has 0 spiro atoms. The molecule has 0 unspecified atom stereocenters. The second kappa shape index (κ2) is 4.44. The summed E-state index contributed by atoms with van der Waals surface area (Å²) in [7, 11) is 0. The molecule has 0 amide bonds. The van der Waals surface area contributed by atoms with Gasteiger partial charge in [0.15, 0.2) is 0 Å². The van der Waals surface area contributed by atoms with Crippen LogP contribution in [0.15, 0.2) is 0 Å². The van der Waals surface area contributed by atoms with Crippen LogP contribution < -0.4 is 0 Å². The van der Waals surface area contributed by atoms with Gasteiger partial charge in [-0.2, -0.15) is 0 Å². The van der Waals surface area contributed by atoms with Gasteiger partial charge in [-0.1, -0.05) is 0 Å². The minimum atomic E-state index is -1.47. The summed E-state index contributed by atoms with van der Waals surface area (Å²) in [6.45, 7) is 9.60. The third-order valence-corrected chi connectivity index (χ3v) is 22.0. The first-order valence-corrected chi connectivity index (χ1v) is 13.2. The zero-order valence-corrected chi connectivity index (χ0v) is 10.5. The van der Waals surface area contributed by atoms with Gasteiger partial charge in [0.25, 0.3) is 0 Å². The summed E-state index contributed by atoms with van der Waals surface area (Å²) >= 11 is -1.47. The predicted octanol–water partition coefficient (Wildman–Crippen LogP) is 3.89. The van der Waals surface area contributed by atoms with Crippen LogP contribution in [0, 0.1) is 0 Å². The van der Waals surface area contributed by atoms with E-state index < -0.39 is 14.8 Å². The van der Waals surface area contributed by atoms with Gasteiger partial charge in [0.1, 0.15) is 0 Å². The summed E-state index contributed by atoms with van der Waals surface area (Å²) in [6, 6.07) is 0. The van der Waals surface area contributed by atoms with Crippen LogP contribution in [-0.4, -0.2) is 0 Å². The van der Waals surface area contributed by atoms with Crippen LogP contribution in [0.5, 0.6) is 0 Å². The molecular weight excluding hydrogens is 161 g/mol. The van der Waals surface area contributed by atoms with Gasteiger partial charge in [0, 0.05) is 0 Å². The van der Waals surface area contributed by atoms with Crippen molar-refractivity contribution in [2.45, 2.75) is 47.8 Å². The second-order valence-corrected chi connectivity index (χ2v) is 21.4. The molecule has 0 aromatic heterocycles. The van der Waals surface area contributed by atoms with E-state index >= 15 is 0 Å². The molecule has 0 N–H and O–H groups in total. The van der Waals surface area contributed by atoms with Gasteiger partial charge in [0.05, 0.1) is 0 Å². The molecule has 0 saturated carbocycles. The van der Waals surface area contributed by atoms with Gasteiger partial charge in [-0.05, 0) is 0 Å². The minimum absolute atomic E-state index is 1.47. The second-order valence-electron chi connectivity index (χ2n) is 4.12. The maximum atomic E-state index is 2.40. The molecule has 0 aliphatic carbocycles. The number of hydrogen-bond donors (Lipinski definition) is 0. The Balaban J connectivity index is 3.82. The van der Waals surface area contributed by atoms with Crippen molar-refractivity contribution in [2.24, 2.45) is 0 Å². The van der Waals surface area contributed by atoms with Crippen molar-refractivity contribution in [1.29, 1.82) is 0 Å². The molecule has 0 heterocycles. The van der Waals surface area contributed by atoms with Gasteiger partial charge in [-0.3, -0.25) is 0 Å². The maximum absolute atomic E-state index is 2.40. The van der Waals surface area contributed by atoms with E-state index in [9.17, 15) is 0 Å². The fraction of sp³-hybridized carbons (Fsp3) is 1.00. The molecule has 0 aliphatic rings. The van der Waals surface area contributed by atoms with Gasteiger partial charge >= 0.3 is 62.5 Å². The molecule has 0 radical (unpaired) electrons. The zero-order valence-electron chi connectivity index (χ0n) is 7.54. The van der Waals surface area contributed by atoms with Crippen LogP contribution in [0.2, 0.25) is 20.1 Å². The molecule has 0 fully saturated rings. The van der Waals surface area contributed by atoms with Crippen LogP contribution in [0.4, 0.5) is 0 Å². The zero-order chi connectivity index (χ0) is 7.33. The molecule has 0 aliphatic heterocycles.